The number of carbonyl (C=O) groups excluding carboxylic acids is 1. The molecule has 0 saturated carbocycles. The number of carbonyl (C=O) groups is 1. The van der Waals surface area contributed by atoms with Gasteiger partial charge in [0.05, 0.1) is 0 Å². The molecule has 3 nitrogen and oxygen atoms in total. The first kappa shape index (κ1) is 14.2. The van der Waals surface area contributed by atoms with Gasteiger partial charge < -0.3 is 4.90 Å². The molecule has 0 unspecified atom stereocenters. The predicted octanol–water partition coefficient (Wildman–Crippen LogP) is 3.76. The summed E-state index contributed by atoms with van der Waals surface area (Å²) in [7, 11) is 0. The Morgan fingerprint density at radius 3 is 2.62 bits per heavy atom. The molecule has 0 aromatic heterocycles. The van der Waals surface area contributed by atoms with E-state index in [0.29, 0.717) is 30.3 Å². The maximum Gasteiger partial charge on any atom is 0.227 e. The summed E-state index contributed by atoms with van der Waals surface area (Å²) in [4.78, 5) is 17.2. The number of amides is 1. The van der Waals surface area contributed by atoms with E-state index in [4.69, 9.17) is 0 Å². The van der Waals surface area contributed by atoms with Gasteiger partial charge >= 0.3 is 0 Å². The van der Waals surface area contributed by atoms with Crippen LogP contribution in [0.25, 0.3) is 0 Å². The maximum absolute atomic E-state index is 12.4. The van der Waals surface area contributed by atoms with Gasteiger partial charge in [-0.15, -0.1) is 0 Å². The number of benzene rings is 2. The number of anilines is 1. The minimum absolute atomic E-state index is 0.312. The minimum Gasteiger partial charge on any atom is -0.309 e. The first-order valence-electron chi connectivity index (χ1n) is 9.02. The first-order chi connectivity index (χ1) is 11.8. The summed E-state index contributed by atoms with van der Waals surface area (Å²) in [6, 6.07) is 20.2. The van der Waals surface area contributed by atoms with Crippen molar-refractivity contribution in [2.45, 2.75) is 37.9 Å². The number of likely N-dealkylation sites (tertiary alicyclic amines) is 1. The van der Waals surface area contributed by atoms with Crippen molar-refractivity contribution in [1.29, 1.82) is 0 Å². The first-order valence-corrected chi connectivity index (χ1v) is 9.02. The van der Waals surface area contributed by atoms with Crippen molar-refractivity contribution in [3.05, 3.63) is 65.7 Å². The van der Waals surface area contributed by atoms with Crippen LogP contribution in [0, 0.1) is 5.92 Å². The van der Waals surface area contributed by atoms with Gasteiger partial charge in [0.1, 0.15) is 0 Å². The van der Waals surface area contributed by atoms with Gasteiger partial charge in [-0.2, -0.15) is 0 Å². The normalized spacial score (nSPS) is 28.6. The fraction of sp³-hybridized carbons (Fsp3) is 0.381. The van der Waals surface area contributed by atoms with Crippen molar-refractivity contribution in [3.8, 4) is 0 Å². The van der Waals surface area contributed by atoms with E-state index < -0.39 is 0 Å². The molecule has 2 fully saturated rings. The van der Waals surface area contributed by atoms with Crippen LogP contribution in [0.5, 0.6) is 0 Å². The molecule has 122 valence electrons. The van der Waals surface area contributed by atoms with E-state index in [9.17, 15) is 4.79 Å². The van der Waals surface area contributed by atoms with Crippen LogP contribution in [-0.2, 0) is 11.3 Å². The Hall–Kier alpha value is -2.13. The number of rotatable bonds is 2. The van der Waals surface area contributed by atoms with Crippen LogP contribution in [-0.4, -0.2) is 23.4 Å². The third kappa shape index (κ3) is 2.04. The fourth-order valence-electron chi connectivity index (χ4n) is 5.09. The monoisotopic (exact) mass is 318 g/mol. The standard InChI is InChI=1S/C21H22N2O/c24-20-11-10-19-17-12-13-22(14-15-6-2-1-3-7-15)21(17)16-8-4-5-9-18(16)23(19)20/h1-9,17,19,21H,10-14H2/t17-,19+,21+/m1/s1. The van der Waals surface area contributed by atoms with Crippen molar-refractivity contribution in [2.75, 3.05) is 11.4 Å². The highest BCUT2D eigenvalue weighted by molar-refractivity contribution is 5.97. The number of hydrogen-bond acceptors (Lipinski definition) is 2. The van der Waals surface area contributed by atoms with Crippen molar-refractivity contribution in [1.82, 2.24) is 4.90 Å². The smallest absolute Gasteiger partial charge is 0.227 e. The molecule has 0 N–H and O–H groups in total. The molecule has 0 aliphatic carbocycles. The Morgan fingerprint density at radius 2 is 1.75 bits per heavy atom. The molecular weight excluding hydrogens is 296 g/mol. The second-order valence-electron chi connectivity index (χ2n) is 7.28. The van der Waals surface area contributed by atoms with Gasteiger partial charge in [0, 0.05) is 36.7 Å². The SMILES string of the molecule is O=C1CC[C@H]2[C@H]3CCN(Cc4ccccc4)[C@H]3c3ccccc3N12. The molecule has 3 aliphatic rings. The number of para-hydroxylation sites is 1. The second-order valence-corrected chi connectivity index (χ2v) is 7.28. The van der Waals surface area contributed by atoms with Gasteiger partial charge in [-0.05, 0) is 36.6 Å². The Morgan fingerprint density at radius 1 is 0.958 bits per heavy atom. The van der Waals surface area contributed by atoms with Gasteiger partial charge in [-0.25, -0.2) is 0 Å². The lowest BCUT2D eigenvalue weighted by molar-refractivity contribution is -0.117. The summed E-state index contributed by atoms with van der Waals surface area (Å²) in [6.07, 6.45) is 2.93. The Labute approximate surface area is 142 Å². The summed E-state index contributed by atoms with van der Waals surface area (Å²) in [5, 5.41) is 0. The molecule has 3 aliphatic heterocycles. The Kier molecular flexibility index (Phi) is 3.23. The van der Waals surface area contributed by atoms with Crippen molar-refractivity contribution < 1.29 is 4.79 Å². The molecule has 0 radical (unpaired) electrons. The van der Waals surface area contributed by atoms with Gasteiger partial charge in [-0.1, -0.05) is 48.5 Å². The molecule has 2 aromatic carbocycles. The lowest BCUT2D eigenvalue weighted by atomic mass is 9.81. The van der Waals surface area contributed by atoms with E-state index in [1.807, 2.05) is 0 Å². The largest absolute Gasteiger partial charge is 0.309 e. The summed E-state index contributed by atoms with van der Waals surface area (Å²) in [6.45, 7) is 2.12. The molecule has 0 spiro atoms. The molecule has 3 heterocycles. The molecule has 2 aromatic rings. The zero-order valence-electron chi connectivity index (χ0n) is 13.8. The zero-order valence-corrected chi connectivity index (χ0v) is 13.8. The average molecular weight is 318 g/mol. The Balaban J connectivity index is 1.55. The molecule has 2 saturated heterocycles. The highest BCUT2D eigenvalue weighted by Gasteiger charge is 2.50. The zero-order chi connectivity index (χ0) is 16.1. The maximum atomic E-state index is 12.4. The van der Waals surface area contributed by atoms with Crippen LogP contribution in [0.1, 0.15) is 36.4 Å². The lowest BCUT2D eigenvalue weighted by Gasteiger charge is -2.42. The van der Waals surface area contributed by atoms with Crippen LogP contribution in [0.15, 0.2) is 54.6 Å². The highest BCUT2D eigenvalue weighted by Crippen LogP contribution is 2.52. The van der Waals surface area contributed by atoms with Crippen LogP contribution in [0.2, 0.25) is 0 Å². The molecule has 0 bridgehead atoms. The van der Waals surface area contributed by atoms with E-state index in [2.05, 4.69) is 64.4 Å². The summed E-state index contributed by atoms with van der Waals surface area (Å²) in [5.74, 6) is 0.891. The van der Waals surface area contributed by atoms with Crippen molar-refractivity contribution in [3.63, 3.8) is 0 Å². The molecule has 24 heavy (non-hydrogen) atoms. The van der Waals surface area contributed by atoms with Crippen LogP contribution < -0.4 is 4.90 Å². The lowest BCUT2D eigenvalue weighted by Crippen LogP contribution is -2.45. The number of nitrogens with zero attached hydrogens (tertiary/aromatic N) is 2. The van der Waals surface area contributed by atoms with Crippen LogP contribution in [0.4, 0.5) is 5.69 Å². The summed E-state index contributed by atoms with van der Waals surface area (Å²) >= 11 is 0. The summed E-state index contributed by atoms with van der Waals surface area (Å²) < 4.78 is 0. The van der Waals surface area contributed by atoms with E-state index in [0.717, 1.165) is 25.2 Å². The Bertz CT molecular complexity index is 772. The highest BCUT2D eigenvalue weighted by atomic mass is 16.2. The average Bonchev–Trinajstić information content (AvgIpc) is 3.21. The van der Waals surface area contributed by atoms with Crippen LogP contribution >= 0.6 is 0 Å². The van der Waals surface area contributed by atoms with E-state index >= 15 is 0 Å². The third-order valence-corrected chi connectivity index (χ3v) is 6.04. The van der Waals surface area contributed by atoms with Gasteiger partial charge in [0.25, 0.3) is 0 Å². The van der Waals surface area contributed by atoms with Gasteiger partial charge in [-0.3, -0.25) is 9.69 Å². The molecule has 3 heteroatoms. The quantitative estimate of drug-likeness (QED) is 0.842. The minimum atomic E-state index is 0.312. The van der Waals surface area contributed by atoms with Crippen molar-refractivity contribution >= 4 is 11.6 Å². The number of fused-ring (bicyclic) bond motifs is 6. The molecular formula is C21H22N2O. The van der Waals surface area contributed by atoms with E-state index in [-0.39, 0.29) is 0 Å². The molecule has 5 rings (SSSR count). The van der Waals surface area contributed by atoms with E-state index in [1.54, 1.807) is 0 Å². The molecule has 3 atom stereocenters. The van der Waals surface area contributed by atoms with E-state index in [1.165, 1.54) is 17.5 Å². The second kappa shape index (κ2) is 5.45. The van der Waals surface area contributed by atoms with Gasteiger partial charge in [0.2, 0.25) is 5.91 Å². The van der Waals surface area contributed by atoms with Gasteiger partial charge in [0.15, 0.2) is 0 Å². The van der Waals surface area contributed by atoms with Crippen LogP contribution in [0.3, 0.4) is 0 Å². The fourth-order valence-corrected chi connectivity index (χ4v) is 5.09. The van der Waals surface area contributed by atoms with Crippen molar-refractivity contribution in [2.24, 2.45) is 5.92 Å². The summed E-state index contributed by atoms with van der Waals surface area (Å²) in [5.41, 5.74) is 3.88. The molecule has 1 amide bonds. The number of hydrogen-bond donors (Lipinski definition) is 0. The third-order valence-electron chi connectivity index (χ3n) is 6.04. The topological polar surface area (TPSA) is 23.6 Å². The predicted molar refractivity (Wildman–Crippen MR) is 94.7 cm³/mol.